The maximum atomic E-state index is 13.0. The van der Waals surface area contributed by atoms with E-state index in [4.69, 9.17) is 9.15 Å². The molecule has 0 aliphatic carbocycles. The Morgan fingerprint density at radius 3 is 2.71 bits per heavy atom. The largest absolute Gasteiger partial charge is 0.487 e. The molecule has 31 heavy (non-hydrogen) atoms. The lowest BCUT2D eigenvalue weighted by Crippen LogP contribution is -2.50. The summed E-state index contributed by atoms with van der Waals surface area (Å²) in [7, 11) is -2.16. The highest BCUT2D eigenvalue weighted by molar-refractivity contribution is 7.89. The van der Waals surface area contributed by atoms with Gasteiger partial charge in [0.15, 0.2) is 5.58 Å². The van der Waals surface area contributed by atoms with E-state index in [1.165, 1.54) is 34.1 Å². The van der Waals surface area contributed by atoms with E-state index in [1.807, 2.05) is 30.3 Å². The number of nitrogens with zero attached hydrogens (tertiary/aromatic N) is 5. The van der Waals surface area contributed by atoms with Crippen molar-refractivity contribution in [3.05, 3.63) is 71.0 Å². The molecule has 4 aromatic rings. The first-order valence-corrected chi connectivity index (χ1v) is 11.0. The Kier molecular flexibility index (Phi) is 4.63. The second-order valence-corrected chi connectivity index (χ2v) is 9.26. The van der Waals surface area contributed by atoms with Crippen molar-refractivity contribution in [2.75, 3.05) is 13.1 Å². The number of sulfonamides is 1. The van der Waals surface area contributed by atoms with Crippen LogP contribution in [0.1, 0.15) is 11.7 Å². The zero-order valence-corrected chi connectivity index (χ0v) is 17.4. The van der Waals surface area contributed by atoms with Crippen molar-refractivity contribution in [1.29, 1.82) is 0 Å². The molecule has 11 heteroatoms. The third kappa shape index (κ3) is 3.51. The summed E-state index contributed by atoms with van der Waals surface area (Å²) in [6.07, 6.45) is 1.77. The topological polar surface area (TPSA) is 112 Å². The van der Waals surface area contributed by atoms with Crippen LogP contribution in [0.15, 0.2) is 68.8 Å². The van der Waals surface area contributed by atoms with Crippen molar-refractivity contribution in [1.82, 2.24) is 23.9 Å². The molecule has 1 saturated heterocycles. The maximum Gasteiger partial charge on any atom is 0.419 e. The van der Waals surface area contributed by atoms with Gasteiger partial charge in [-0.2, -0.15) is 4.31 Å². The molecule has 1 fully saturated rings. The highest BCUT2D eigenvalue weighted by Crippen LogP contribution is 2.29. The Morgan fingerprint density at radius 1 is 1.16 bits per heavy atom. The quantitative estimate of drug-likeness (QED) is 0.446. The summed E-state index contributed by atoms with van der Waals surface area (Å²) in [5.74, 6) is 0.205. The van der Waals surface area contributed by atoms with Crippen molar-refractivity contribution in [3.8, 4) is 5.75 Å². The molecule has 0 saturated carbocycles. The van der Waals surface area contributed by atoms with Crippen LogP contribution in [-0.4, -0.2) is 45.4 Å². The van der Waals surface area contributed by atoms with Crippen LogP contribution in [-0.2, 0) is 23.7 Å². The lowest BCUT2D eigenvalue weighted by atomic mass is 10.2. The Bertz CT molecular complexity index is 1400. The number of aryl methyl sites for hydroxylation is 1. The van der Waals surface area contributed by atoms with Gasteiger partial charge in [0.2, 0.25) is 10.0 Å². The smallest absolute Gasteiger partial charge is 0.419 e. The SMILES string of the molecule is Cn1c(=O)oc2ccc(S(=O)(=O)N3CC(n4cc(COc5ccccc5)nn4)C3)cc21. The normalized spacial score (nSPS) is 15.3. The average molecular weight is 441 g/mol. The zero-order valence-electron chi connectivity index (χ0n) is 16.6. The molecule has 0 atom stereocenters. The third-order valence-corrected chi connectivity index (χ3v) is 7.12. The zero-order chi connectivity index (χ0) is 21.6. The van der Waals surface area contributed by atoms with Gasteiger partial charge in [-0.15, -0.1) is 5.10 Å². The molecular formula is C20H19N5O5S. The number of aromatic nitrogens is 4. The molecule has 3 heterocycles. The van der Waals surface area contributed by atoms with Crippen LogP contribution in [0.5, 0.6) is 5.75 Å². The average Bonchev–Trinajstić information content (AvgIpc) is 3.30. The minimum absolute atomic E-state index is 0.102. The molecule has 0 amide bonds. The number of hydrogen-bond acceptors (Lipinski definition) is 7. The fourth-order valence-corrected chi connectivity index (χ4v) is 4.96. The van der Waals surface area contributed by atoms with Crippen LogP contribution in [0.4, 0.5) is 0 Å². The Labute approximate surface area is 177 Å². The molecule has 1 aliphatic heterocycles. The molecular weight excluding hydrogens is 422 g/mol. The minimum atomic E-state index is -3.69. The number of rotatable bonds is 6. The Balaban J connectivity index is 1.25. The number of fused-ring (bicyclic) bond motifs is 1. The summed E-state index contributed by atoms with van der Waals surface area (Å²) in [5.41, 5.74) is 1.44. The van der Waals surface area contributed by atoms with Gasteiger partial charge in [0.05, 0.1) is 22.7 Å². The first-order chi connectivity index (χ1) is 14.9. The third-order valence-electron chi connectivity index (χ3n) is 5.29. The summed E-state index contributed by atoms with van der Waals surface area (Å²) >= 11 is 0. The lowest BCUT2D eigenvalue weighted by Gasteiger charge is -2.37. The van der Waals surface area contributed by atoms with Gasteiger partial charge < -0.3 is 9.15 Å². The molecule has 5 rings (SSSR count). The van der Waals surface area contributed by atoms with Gasteiger partial charge in [-0.05, 0) is 30.3 Å². The molecule has 0 bridgehead atoms. The molecule has 1 aliphatic rings. The Hall–Kier alpha value is -3.44. The summed E-state index contributed by atoms with van der Waals surface area (Å²) in [4.78, 5) is 11.8. The first kappa shape index (κ1) is 19.5. The molecule has 10 nitrogen and oxygen atoms in total. The van der Waals surface area contributed by atoms with E-state index in [2.05, 4.69) is 10.3 Å². The number of ether oxygens (including phenoxy) is 1. The van der Waals surface area contributed by atoms with Crippen LogP contribution in [0.25, 0.3) is 11.1 Å². The number of para-hydroxylation sites is 1. The number of hydrogen-bond donors (Lipinski definition) is 0. The monoisotopic (exact) mass is 441 g/mol. The van der Waals surface area contributed by atoms with Crippen LogP contribution >= 0.6 is 0 Å². The highest BCUT2D eigenvalue weighted by atomic mass is 32.2. The van der Waals surface area contributed by atoms with E-state index in [0.717, 1.165) is 5.75 Å². The van der Waals surface area contributed by atoms with E-state index in [1.54, 1.807) is 10.9 Å². The van der Waals surface area contributed by atoms with Crippen molar-refractivity contribution >= 4 is 21.1 Å². The fraction of sp³-hybridized carbons (Fsp3) is 0.250. The van der Waals surface area contributed by atoms with Gasteiger partial charge in [0, 0.05) is 20.1 Å². The van der Waals surface area contributed by atoms with E-state index in [0.29, 0.717) is 16.8 Å². The van der Waals surface area contributed by atoms with E-state index in [-0.39, 0.29) is 30.6 Å². The van der Waals surface area contributed by atoms with Crippen molar-refractivity contribution in [2.45, 2.75) is 17.5 Å². The van der Waals surface area contributed by atoms with Gasteiger partial charge in [-0.25, -0.2) is 17.9 Å². The predicted molar refractivity (Wildman–Crippen MR) is 110 cm³/mol. The van der Waals surface area contributed by atoms with E-state index >= 15 is 0 Å². The van der Waals surface area contributed by atoms with Crippen molar-refractivity contribution in [3.63, 3.8) is 0 Å². The van der Waals surface area contributed by atoms with E-state index in [9.17, 15) is 13.2 Å². The molecule has 0 N–H and O–H groups in total. The van der Waals surface area contributed by atoms with Crippen LogP contribution in [0.2, 0.25) is 0 Å². The van der Waals surface area contributed by atoms with Gasteiger partial charge in [-0.1, -0.05) is 23.4 Å². The van der Waals surface area contributed by atoms with Crippen molar-refractivity contribution < 1.29 is 17.6 Å². The number of oxazole rings is 1. The summed E-state index contributed by atoms with van der Waals surface area (Å²) in [6.45, 7) is 0.849. The first-order valence-electron chi connectivity index (χ1n) is 9.60. The Morgan fingerprint density at radius 2 is 1.94 bits per heavy atom. The van der Waals surface area contributed by atoms with Gasteiger partial charge in [-0.3, -0.25) is 4.57 Å². The predicted octanol–water partition coefficient (Wildman–Crippen LogP) is 1.55. The second-order valence-electron chi connectivity index (χ2n) is 7.32. The molecule has 0 unspecified atom stereocenters. The van der Waals surface area contributed by atoms with Crippen LogP contribution in [0.3, 0.4) is 0 Å². The van der Waals surface area contributed by atoms with Crippen molar-refractivity contribution in [2.24, 2.45) is 7.05 Å². The highest BCUT2D eigenvalue weighted by Gasteiger charge is 2.38. The fourth-order valence-electron chi connectivity index (χ4n) is 3.43. The lowest BCUT2D eigenvalue weighted by molar-refractivity contribution is 0.189. The maximum absolute atomic E-state index is 13.0. The molecule has 0 radical (unpaired) electrons. The second kappa shape index (κ2) is 7.36. The molecule has 2 aromatic carbocycles. The van der Waals surface area contributed by atoms with Gasteiger partial charge in [0.25, 0.3) is 0 Å². The summed E-state index contributed by atoms with van der Waals surface area (Å²) < 4.78 is 41.0. The van der Waals surface area contributed by atoms with E-state index < -0.39 is 15.8 Å². The molecule has 2 aromatic heterocycles. The van der Waals surface area contributed by atoms with Crippen LogP contribution in [0, 0.1) is 0 Å². The summed E-state index contributed by atoms with van der Waals surface area (Å²) in [6, 6.07) is 13.7. The standard InChI is InChI=1S/C20H19N5O5S/c1-23-18-9-17(7-8-19(18)30-20(23)26)31(27,28)24-11-15(12-24)25-10-14(21-22-25)13-29-16-5-3-2-4-6-16/h2-10,15H,11-13H2,1H3. The summed E-state index contributed by atoms with van der Waals surface area (Å²) in [5, 5.41) is 8.21. The molecule has 0 spiro atoms. The van der Waals surface area contributed by atoms with Crippen LogP contribution < -0.4 is 10.5 Å². The minimum Gasteiger partial charge on any atom is -0.487 e. The van der Waals surface area contributed by atoms with Gasteiger partial charge >= 0.3 is 5.76 Å². The molecule has 160 valence electrons. The van der Waals surface area contributed by atoms with Gasteiger partial charge in [0.1, 0.15) is 18.1 Å². The number of benzene rings is 2.